The van der Waals surface area contributed by atoms with E-state index in [1.54, 1.807) is 19.2 Å². The molecule has 2 N–H and O–H groups in total. The van der Waals surface area contributed by atoms with Gasteiger partial charge in [-0.2, -0.15) is 0 Å². The predicted molar refractivity (Wildman–Crippen MR) is 112 cm³/mol. The van der Waals surface area contributed by atoms with Gasteiger partial charge in [0.2, 0.25) is 0 Å². The van der Waals surface area contributed by atoms with Crippen molar-refractivity contribution in [3.63, 3.8) is 0 Å². The smallest absolute Gasteiger partial charge is 0.190 e. The third kappa shape index (κ3) is 7.06. The molecule has 0 bridgehead atoms. The topological polar surface area (TPSA) is 70.6 Å². The van der Waals surface area contributed by atoms with Crippen LogP contribution in [0.25, 0.3) is 0 Å². The molecule has 0 aliphatic carbocycles. The van der Waals surface area contributed by atoms with Crippen molar-refractivity contribution in [2.24, 2.45) is 4.99 Å². The minimum atomic E-state index is -3.14. The molecule has 0 saturated heterocycles. The largest absolute Gasteiger partial charge is 0.356 e. The van der Waals surface area contributed by atoms with E-state index in [4.69, 9.17) is 0 Å². The molecule has 6 heteroatoms. The molecule has 5 nitrogen and oxygen atoms in total. The summed E-state index contributed by atoms with van der Waals surface area (Å²) in [7, 11) is -1.38. The number of aliphatic imine (C=N–C) groups is 1. The van der Waals surface area contributed by atoms with Crippen molar-refractivity contribution in [2.45, 2.75) is 30.6 Å². The minimum Gasteiger partial charge on any atom is -0.356 e. The van der Waals surface area contributed by atoms with E-state index < -0.39 is 9.84 Å². The van der Waals surface area contributed by atoms with E-state index in [-0.39, 0.29) is 0 Å². The van der Waals surface area contributed by atoms with Crippen LogP contribution in [0, 0.1) is 0 Å². The highest BCUT2D eigenvalue weighted by Crippen LogP contribution is 2.17. The molecule has 0 aliphatic heterocycles. The Labute approximate surface area is 162 Å². The molecule has 2 aromatic carbocycles. The first-order valence-electron chi connectivity index (χ1n) is 9.18. The molecule has 0 spiro atoms. The molecule has 1 atom stereocenters. The van der Waals surface area contributed by atoms with Crippen LogP contribution in [0.5, 0.6) is 0 Å². The molecule has 2 rings (SSSR count). The number of nitrogens with zero attached hydrogens (tertiary/aromatic N) is 1. The molecule has 146 valence electrons. The van der Waals surface area contributed by atoms with Crippen LogP contribution in [0.1, 0.15) is 30.4 Å². The molecular weight excluding hydrogens is 358 g/mol. The zero-order valence-corrected chi connectivity index (χ0v) is 17.1. The van der Waals surface area contributed by atoms with Gasteiger partial charge in [0.05, 0.1) is 4.90 Å². The van der Waals surface area contributed by atoms with Crippen molar-refractivity contribution >= 4 is 15.8 Å². The zero-order valence-electron chi connectivity index (χ0n) is 16.3. The maximum atomic E-state index is 11.5. The summed E-state index contributed by atoms with van der Waals surface area (Å²) in [6, 6.07) is 17.5. The lowest BCUT2D eigenvalue weighted by atomic mass is 9.98. The molecule has 0 amide bonds. The Hall–Kier alpha value is -2.34. The molecule has 0 aliphatic rings. The average Bonchev–Trinajstić information content (AvgIpc) is 2.67. The summed E-state index contributed by atoms with van der Waals surface area (Å²) in [6.07, 6.45) is 3.04. The number of hydrogen-bond acceptors (Lipinski definition) is 3. The lowest BCUT2D eigenvalue weighted by molar-refractivity contribution is 0.602. The quantitative estimate of drug-likeness (QED) is 0.540. The first-order chi connectivity index (χ1) is 12.9. The summed E-state index contributed by atoms with van der Waals surface area (Å²) in [5.74, 6) is 1.27. The molecule has 0 heterocycles. The Balaban J connectivity index is 1.72. The van der Waals surface area contributed by atoms with E-state index in [9.17, 15) is 8.42 Å². The van der Waals surface area contributed by atoms with Crippen molar-refractivity contribution in [1.82, 2.24) is 10.6 Å². The van der Waals surface area contributed by atoms with Gasteiger partial charge in [-0.1, -0.05) is 49.4 Å². The summed E-state index contributed by atoms with van der Waals surface area (Å²) in [5, 5.41) is 6.64. The Bertz CT molecular complexity index is 831. The normalized spacial score (nSPS) is 13.2. The lowest BCUT2D eigenvalue weighted by Crippen LogP contribution is -2.39. The van der Waals surface area contributed by atoms with Crippen LogP contribution < -0.4 is 10.6 Å². The predicted octanol–water partition coefficient (Wildman–Crippen LogP) is 2.99. The summed E-state index contributed by atoms with van der Waals surface area (Å²) in [5.41, 5.74) is 2.43. The van der Waals surface area contributed by atoms with Crippen molar-refractivity contribution in [3.05, 3.63) is 65.7 Å². The third-order valence-corrected chi connectivity index (χ3v) is 5.65. The van der Waals surface area contributed by atoms with Gasteiger partial charge in [0.25, 0.3) is 0 Å². The Kier molecular flexibility index (Phi) is 7.85. The molecule has 0 fully saturated rings. The van der Waals surface area contributed by atoms with Crippen LogP contribution in [-0.4, -0.2) is 40.8 Å². The van der Waals surface area contributed by atoms with E-state index in [1.165, 1.54) is 11.8 Å². The SMILES string of the molecule is CN=C(NCCc1ccc(S(C)(=O)=O)cc1)NCCC(C)c1ccccc1. The van der Waals surface area contributed by atoms with Gasteiger partial charge in [-0.25, -0.2) is 8.42 Å². The number of rotatable bonds is 8. The molecule has 27 heavy (non-hydrogen) atoms. The highest BCUT2D eigenvalue weighted by Gasteiger charge is 2.07. The maximum Gasteiger partial charge on any atom is 0.190 e. The number of guanidine groups is 1. The fraction of sp³-hybridized carbons (Fsp3) is 0.381. The van der Waals surface area contributed by atoms with Crippen LogP contribution in [0.3, 0.4) is 0 Å². The summed E-state index contributed by atoms with van der Waals surface area (Å²) in [6.45, 7) is 3.80. The second-order valence-electron chi connectivity index (χ2n) is 6.69. The van der Waals surface area contributed by atoms with Gasteiger partial charge in [0, 0.05) is 26.4 Å². The summed E-state index contributed by atoms with van der Waals surface area (Å²) >= 11 is 0. The first-order valence-corrected chi connectivity index (χ1v) is 11.1. The van der Waals surface area contributed by atoms with Gasteiger partial charge in [0.15, 0.2) is 15.8 Å². The highest BCUT2D eigenvalue weighted by atomic mass is 32.2. The third-order valence-electron chi connectivity index (χ3n) is 4.52. The van der Waals surface area contributed by atoms with E-state index in [2.05, 4.69) is 46.8 Å². The van der Waals surface area contributed by atoms with Gasteiger partial charge in [-0.3, -0.25) is 4.99 Å². The van der Waals surface area contributed by atoms with Crippen LogP contribution in [0.4, 0.5) is 0 Å². The second kappa shape index (κ2) is 10.1. The Morgan fingerprint density at radius 3 is 2.22 bits per heavy atom. The summed E-state index contributed by atoms with van der Waals surface area (Å²) < 4.78 is 23.0. The van der Waals surface area contributed by atoms with Crippen molar-refractivity contribution in [3.8, 4) is 0 Å². The summed E-state index contributed by atoms with van der Waals surface area (Å²) in [4.78, 5) is 4.60. The van der Waals surface area contributed by atoms with E-state index in [0.717, 1.165) is 37.5 Å². The maximum absolute atomic E-state index is 11.5. The fourth-order valence-corrected chi connectivity index (χ4v) is 3.43. The molecule has 1 unspecified atom stereocenters. The van der Waals surface area contributed by atoms with E-state index in [1.807, 2.05) is 18.2 Å². The van der Waals surface area contributed by atoms with Gasteiger partial charge < -0.3 is 10.6 Å². The van der Waals surface area contributed by atoms with Crippen LogP contribution in [0.2, 0.25) is 0 Å². The van der Waals surface area contributed by atoms with Gasteiger partial charge in [-0.15, -0.1) is 0 Å². The number of sulfone groups is 1. The highest BCUT2D eigenvalue weighted by molar-refractivity contribution is 7.90. The molecule has 0 aromatic heterocycles. The first kappa shape index (κ1) is 21.0. The van der Waals surface area contributed by atoms with Gasteiger partial charge in [0.1, 0.15) is 0 Å². The fourth-order valence-electron chi connectivity index (χ4n) is 2.80. The number of nitrogens with one attached hydrogen (secondary N) is 2. The van der Waals surface area contributed by atoms with Crippen LogP contribution >= 0.6 is 0 Å². The van der Waals surface area contributed by atoms with E-state index in [0.29, 0.717) is 10.8 Å². The Morgan fingerprint density at radius 2 is 1.63 bits per heavy atom. The van der Waals surface area contributed by atoms with Crippen molar-refractivity contribution in [2.75, 3.05) is 26.4 Å². The second-order valence-corrected chi connectivity index (χ2v) is 8.71. The zero-order chi connectivity index (χ0) is 19.7. The van der Waals surface area contributed by atoms with Crippen molar-refractivity contribution in [1.29, 1.82) is 0 Å². The standard InChI is InChI=1S/C21H29N3O2S/c1-17(19-7-5-4-6-8-19)13-15-23-21(22-2)24-16-14-18-9-11-20(12-10-18)27(3,25)26/h4-12,17H,13-16H2,1-3H3,(H2,22,23,24). The monoisotopic (exact) mass is 387 g/mol. The van der Waals surface area contributed by atoms with E-state index >= 15 is 0 Å². The average molecular weight is 388 g/mol. The number of hydrogen-bond donors (Lipinski definition) is 2. The van der Waals surface area contributed by atoms with Crippen molar-refractivity contribution < 1.29 is 8.42 Å². The molecule has 0 saturated carbocycles. The molecule has 0 radical (unpaired) electrons. The lowest BCUT2D eigenvalue weighted by Gasteiger charge is -2.15. The minimum absolute atomic E-state index is 0.351. The van der Waals surface area contributed by atoms with Gasteiger partial charge >= 0.3 is 0 Å². The molecular formula is C21H29N3O2S. The van der Waals surface area contributed by atoms with Gasteiger partial charge in [-0.05, 0) is 42.0 Å². The molecule has 2 aromatic rings. The number of benzene rings is 2. The Morgan fingerprint density at radius 1 is 1.00 bits per heavy atom. The van der Waals surface area contributed by atoms with Crippen LogP contribution in [0.15, 0.2) is 64.5 Å². The van der Waals surface area contributed by atoms with Crippen LogP contribution in [-0.2, 0) is 16.3 Å².